The lowest BCUT2D eigenvalue weighted by molar-refractivity contribution is -0.138. The van der Waals surface area contributed by atoms with Crippen molar-refractivity contribution >= 4 is 46.6 Å². The lowest BCUT2D eigenvalue weighted by Crippen LogP contribution is -2.33. The molecule has 0 aromatic heterocycles. The Hall–Kier alpha value is -3.61. The van der Waals surface area contributed by atoms with Gasteiger partial charge in [-0.25, -0.2) is 0 Å². The van der Waals surface area contributed by atoms with Gasteiger partial charge in [-0.15, -0.1) is 0 Å². The van der Waals surface area contributed by atoms with Gasteiger partial charge in [0.15, 0.2) is 0 Å². The maximum Gasteiger partial charge on any atom is 0.278 e. The number of nitrogens with one attached hydrogen (secondary N) is 1. The average Bonchev–Trinajstić information content (AvgIpc) is 3.06. The van der Waals surface area contributed by atoms with Gasteiger partial charge in [-0.1, -0.05) is 71.7 Å². The normalized spacial score (nSPS) is 13.4. The lowest BCUT2D eigenvalue weighted by Gasteiger charge is -2.17. The fourth-order valence-electron chi connectivity index (χ4n) is 3.56. The van der Waals surface area contributed by atoms with E-state index in [-0.39, 0.29) is 29.7 Å². The van der Waals surface area contributed by atoms with Gasteiger partial charge >= 0.3 is 0 Å². The first-order valence-electron chi connectivity index (χ1n) is 10.5. The zero-order valence-electron chi connectivity index (χ0n) is 18.3. The predicted molar refractivity (Wildman–Crippen MR) is 132 cm³/mol. The van der Waals surface area contributed by atoms with Crippen molar-refractivity contribution in [1.82, 2.24) is 10.2 Å². The van der Waals surface area contributed by atoms with Gasteiger partial charge < -0.3 is 10.2 Å². The van der Waals surface area contributed by atoms with E-state index in [0.717, 1.165) is 16.2 Å². The number of imide groups is 1. The van der Waals surface area contributed by atoms with Gasteiger partial charge in [0.05, 0.1) is 6.54 Å². The van der Waals surface area contributed by atoms with E-state index in [1.54, 1.807) is 60.5 Å². The molecule has 8 heteroatoms. The summed E-state index contributed by atoms with van der Waals surface area (Å²) < 4.78 is 0. The Morgan fingerprint density at radius 1 is 0.882 bits per heavy atom. The van der Waals surface area contributed by atoms with Gasteiger partial charge in [-0.2, -0.15) is 0 Å². The van der Waals surface area contributed by atoms with Crippen LogP contribution in [0.3, 0.4) is 0 Å². The van der Waals surface area contributed by atoms with E-state index in [0.29, 0.717) is 16.1 Å². The summed E-state index contributed by atoms with van der Waals surface area (Å²) in [7, 11) is 1.72. The van der Waals surface area contributed by atoms with Crippen LogP contribution in [-0.4, -0.2) is 29.7 Å². The third-order valence-electron chi connectivity index (χ3n) is 5.52. The molecule has 1 heterocycles. The number of hydrogen-bond acceptors (Lipinski definition) is 4. The summed E-state index contributed by atoms with van der Waals surface area (Å²) in [5.41, 5.74) is 2.84. The maximum atomic E-state index is 12.8. The van der Waals surface area contributed by atoms with Crippen molar-refractivity contribution in [3.05, 3.63) is 111 Å². The second-order valence-electron chi connectivity index (χ2n) is 7.73. The number of amides is 3. The minimum absolute atomic E-state index is 0.0322. The Morgan fingerprint density at radius 3 is 2.21 bits per heavy atom. The molecule has 34 heavy (non-hydrogen) atoms. The molecule has 0 unspecified atom stereocenters. The molecule has 0 fully saturated rings. The number of nitrogens with zero attached hydrogens (tertiary/aromatic N) is 2. The molecular weight excluding hydrogens is 473 g/mol. The number of para-hydroxylation sites is 1. The third kappa shape index (κ3) is 4.83. The minimum Gasteiger partial charge on any atom is -0.375 e. The molecule has 0 atom stereocenters. The Balaban J connectivity index is 1.40. The summed E-state index contributed by atoms with van der Waals surface area (Å²) in [6, 6.07) is 23.4. The maximum absolute atomic E-state index is 12.8. The molecular formula is C26H21Cl2N3O3. The van der Waals surface area contributed by atoms with Crippen molar-refractivity contribution in [3.8, 4) is 0 Å². The molecule has 3 amide bonds. The molecule has 0 aliphatic carbocycles. The Morgan fingerprint density at radius 2 is 1.53 bits per heavy atom. The van der Waals surface area contributed by atoms with Crippen LogP contribution >= 0.6 is 23.2 Å². The highest BCUT2D eigenvalue weighted by molar-refractivity contribution is 6.47. The number of hydrogen-bond donors (Lipinski definition) is 1. The van der Waals surface area contributed by atoms with E-state index in [4.69, 9.17) is 23.2 Å². The van der Waals surface area contributed by atoms with Crippen LogP contribution in [0.1, 0.15) is 21.5 Å². The van der Waals surface area contributed by atoms with Gasteiger partial charge in [0.25, 0.3) is 17.7 Å². The second kappa shape index (κ2) is 10.1. The summed E-state index contributed by atoms with van der Waals surface area (Å²) in [6.07, 6.45) is 0. The number of benzene rings is 3. The number of carbonyl (C=O) groups excluding carboxylic acids is 3. The molecule has 1 aliphatic rings. The molecule has 0 spiro atoms. The summed E-state index contributed by atoms with van der Waals surface area (Å²) in [5, 5.41) is 3.27. The van der Waals surface area contributed by atoms with Crippen molar-refractivity contribution in [2.24, 2.45) is 0 Å². The largest absolute Gasteiger partial charge is 0.375 e. The molecule has 1 aliphatic heterocycles. The Bertz CT molecular complexity index is 1270. The smallest absolute Gasteiger partial charge is 0.278 e. The van der Waals surface area contributed by atoms with Crippen molar-refractivity contribution in [2.45, 2.75) is 13.1 Å². The van der Waals surface area contributed by atoms with E-state index < -0.39 is 11.8 Å². The number of carbonyl (C=O) groups is 3. The highest BCUT2D eigenvalue weighted by Gasteiger charge is 2.37. The molecule has 6 nitrogen and oxygen atoms in total. The molecule has 0 radical (unpaired) electrons. The number of rotatable bonds is 7. The van der Waals surface area contributed by atoms with Crippen molar-refractivity contribution in [3.63, 3.8) is 0 Å². The standard InChI is InChI=1S/C26H21Cl2N3O3/c1-30(20-8-3-2-4-9-20)24(32)18-13-11-17(12-14-18)15-29-23-22(28)25(33)31(26(23)34)16-19-7-5-6-10-21(19)27/h2-14,29H,15-16H2,1H3. The van der Waals surface area contributed by atoms with Crippen LogP contribution in [0.25, 0.3) is 0 Å². The molecule has 0 bridgehead atoms. The Kier molecular flexibility index (Phi) is 7.01. The predicted octanol–water partition coefficient (Wildman–Crippen LogP) is 4.73. The highest BCUT2D eigenvalue weighted by atomic mass is 35.5. The molecule has 0 saturated carbocycles. The van der Waals surface area contributed by atoms with E-state index in [2.05, 4.69) is 5.32 Å². The van der Waals surface area contributed by atoms with Crippen molar-refractivity contribution in [1.29, 1.82) is 0 Å². The van der Waals surface area contributed by atoms with Gasteiger partial charge in [-0.05, 0) is 41.5 Å². The van der Waals surface area contributed by atoms with E-state index in [9.17, 15) is 14.4 Å². The molecule has 172 valence electrons. The summed E-state index contributed by atoms with van der Waals surface area (Å²) in [4.78, 5) is 40.8. The van der Waals surface area contributed by atoms with Crippen molar-refractivity contribution in [2.75, 3.05) is 11.9 Å². The number of anilines is 1. The van der Waals surface area contributed by atoms with Gasteiger partial charge in [0.1, 0.15) is 10.7 Å². The van der Waals surface area contributed by atoms with Crippen LogP contribution in [0.4, 0.5) is 5.69 Å². The molecule has 0 saturated heterocycles. The van der Waals surface area contributed by atoms with Crippen LogP contribution < -0.4 is 10.2 Å². The summed E-state index contributed by atoms with van der Waals surface area (Å²) >= 11 is 12.3. The fourth-order valence-corrected chi connectivity index (χ4v) is 4.00. The highest BCUT2D eigenvalue weighted by Crippen LogP contribution is 2.26. The lowest BCUT2D eigenvalue weighted by atomic mass is 10.1. The van der Waals surface area contributed by atoms with Crippen LogP contribution in [0.5, 0.6) is 0 Å². The van der Waals surface area contributed by atoms with Crippen LogP contribution in [0.15, 0.2) is 89.6 Å². The third-order valence-corrected chi connectivity index (χ3v) is 6.24. The van der Waals surface area contributed by atoms with Crippen LogP contribution in [0.2, 0.25) is 5.02 Å². The van der Waals surface area contributed by atoms with Crippen molar-refractivity contribution < 1.29 is 14.4 Å². The molecule has 3 aromatic carbocycles. The second-order valence-corrected chi connectivity index (χ2v) is 8.51. The SMILES string of the molecule is CN(C(=O)c1ccc(CNC2=C(Cl)C(=O)N(Cc3ccccc3Cl)C2=O)cc1)c1ccccc1. The Labute approximate surface area is 207 Å². The first-order chi connectivity index (χ1) is 16.4. The quantitative estimate of drug-likeness (QED) is 0.483. The number of halogens is 2. The van der Waals surface area contributed by atoms with Crippen LogP contribution in [-0.2, 0) is 22.7 Å². The van der Waals surface area contributed by atoms with Crippen LogP contribution in [0, 0.1) is 0 Å². The first-order valence-corrected chi connectivity index (χ1v) is 11.3. The topological polar surface area (TPSA) is 69.7 Å². The van der Waals surface area contributed by atoms with Gasteiger partial charge in [-0.3, -0.25) is 19.3 Å². The fraction of sp³-hybridized carbons (Fsp3) is 0.115. The molecule has 1 N–H and O–H groups in total. The first kappa shape index (κ1) is 23.5. The monoisotopic (exact) mass is 493 g/mol. The van der Waals surface area contributed by atoms with E-state index >= 15 is 0 Å². The summed E-state index contributed by atoms with van der Waals surface area (Å²) in [6.45, 7) is 0.290. The van der Waals surface area contributed by atoms with Gasteiger partial charge in [0, 0.05) is 29.9 Å². The zero-order chi connectivity index (χ0) is 24.2. The molecule has 4 rings (SSSR count). The van der Waals surface area contributed by atoms with E-state index in [1.807, 2.05) is 30.3 Å². The van der Waals surface area contributed by atoms with Gasteiger partial charge in [0.2, 0.25) is 0 Å². The zero-order valence-corrected chi connectivity index (χ0v) is 19.8. The molecule has 3 aromatic rings. The summed E-state index contributed by atoms with van der Waals surface area (Å²) in [5.74, 6) is -1.21. The van der Waals surface area contributed by atoms with E-state index in [1.165, 1.54) is 0 Å². The average molecular weight is 494 g/mol. The minimum atomic E-state index is -0.570.